The number of hydrogen-bond donors (Lipinski definition) is 3. The SMILES string of the molecule is CCNc1ccc(C(=O)NC(C)(C)CC(N)=O)c(C)c1. The maximum absolute atomic E-state index is 12.2. The normalized spacial score (nSPS) is 11.0. The van der Waals surface area contributed by atoms with E-state index in [0.717, 1.165) is 17.8 Å². The lowest BCUT2D eigenvalue weighted by Gasteiger charge is -2.25. The van der Waals surface area contributed by atoms with E-state index >= 15 is 0 Å². The molecule has 1 aromatic rings. The van der Waals surface area contributed by atoms with Gasteiger partial charge < -0.3 is 16.4 Å². The van der Waals surface area contributed by atoms with Crippen molar-refractivity contribution in [3.05, 3.63) is 29.3 Å². The Balaban J connectivity index is 2.85. The quantitative estimate of drug-likeness (QED) is 0.741. The second-order valence-corrected chi connectivity index (χ2v) is 5.54. The highest BCUT2D eigenvalue weighted by Crippen LogP contribution is 2.17. The minimum absolute atomic E-state index is 0.104. The molecule has 2 amide bonds. The second-order valence-electron chi connectivity index (χ2n) is 5.54. The molecule has 0 saturated carbocycles. The number of carbonyl (C=O) groups is 2. The predicted molar refractivity (Wildman–Crippen MR) is 80.7 cm³/mol. The van der Waals surface area contributed by atoms with Crippen LogP contribution in [0.2, 0.25) is 0 Å². The van der Waals surface area contributed by atoms with Crippen LogP contribution < -0.4 is 16.4 Å². The zero-order chi connectivity index (χ0) is 15.3. The van der Waals surface area contributed by atoms with E-state index in [4.69, 9.17) is 5.73 Å². The zero-order valence-corrected chi connectivity index (χ0v) is 12.5. The summed E-state index contributed by atoms with van der Waals surface area (Å²) in [7, 11) is 0. The maximum atomic E-state index is 12.2. The van der Waals surface area contributed by atoms with Crippen LogP contribution in [0.4, 0.5) is 5.69 Å². The molecule has 1 rings (SSSR count). The largest absolute Gasteiger partial charge is 0.385 e. The third kappa shape index (κ3) is 4.57. The molecule has 110 valence electrons. The number of nitrogens with one attached hydrogen (secondary N) is 2. The van der Waals surface area contributed by atoms with Gasteiger partial charge in [0.1, 0.15) is 0 Å². The van der Waals surface area contributed by atoms with Crippen molar-refractivity contribution in [2.75, 3.05) is 11.9 Å². The molecule has 0 aromatic heterocycles. The van der Waals surface area contributed by atoms with Gasteiger partial charge in [0, 0.05) is 29.8 Å². The average Bonchev–Trinajstić information content (AvgIpc) is 2.26. The summed E-state index contributed by atoms with van der Waals surface area (Å²) in [4.78, 5) is 23.2. The van der Waals surface area contributed by atoms with Gasteiger partial charge in [-0.05, 0) is 51.5 Å². The van der Waals surface area contributed by atoms with Crippen molar-refractivity contribution >= 4 is 17.5 Å². The van der Waals surface area contributed by atoms with E-state index < -0.39 is 11.4 Å². The molecule has 0 heterocycles. The molecular weight excluding hydrogens is 254 g/mol. The molecule has 0 fully saturated rings. The van der Waals surface area contributed by atoms with Crippen LogP contribution in [0.5, 0.6) is 0 Å². The topological polar surface area (TPSA) is 84.2 Å². The fourth-order valence-corrected chi connectivity index (χ4v) is 2.09. The van der Waals surface area contributed by atoms with Gasteiger partial charge in [-0.15, -0.1) is 0 Å². The number of benzene rings is 1. The molecule has 0 unspecified atom stereocenters. The number of amides is 2. The van der Waals surface area contributed by atoms with Crippen LogP contribution in [0, 0.1) is 6.92 Å². The van der Waals surface area contributed by atoms with Crippen LogP contribution in [0.3, 0.4) is 0 Å². The van der Waals surface area contributed by atoms with Crippen LogP contribution in [0.15, 0.2) is 18.2 Å². The first-order chi connectivity index (χ1) is 9.25. The fourth-order valence-electron chi connectivity index (χ4n) is 2.09. The van der Waals surface area contributed by atoms with Gasteiger partial charge >= 0.3 is 0 Å². The predicted octanol–water partition coefficient (Wildman–Crippen LogP) is 1.81. The molecule has 0 radical (unpaired) electrons. The lowest BCUT2D eigenvalue weighted by Crippen LogP contribution is -2.46. The van der Waals surface area contributed by atoms with Crippen molar-refractivity contribution in [3.8, 4) is 0 Å². The van der Waals surface area contributed by atoms with E-state index in [0.29, 0.717) is 5.56 Å². The monoisotopic (exact) mass is 277 g/mol. The molecular formula is C15H23N3O2. The Morgan fingerprint density at radius 3 is 2.45 bits per heavy atom. The van der Waals surface area contributed by atoms with Crippen LogP contribution in [-0.4, -0.2) is 23.9 Å². The summed E-state index contributed by atoms with van der Waals surface area (Å²) in [6.07, 6.45) is 0.104. The number of carbonyl (C=O) groups excluding carboxylic acids is 2. The summed E-state index contributed by atoms with van der Waals surface area (Å²) in [5, 5.41) is 6.03. The molecule has 20 heavy (non-hydrogen) atoms. The average molecular weight is 277 g/mol. The highest BCUT2D eigenvalue weighted by atomic mass is 16.2. The number of nitrogens with two attached hydrogens (primary N) is 1. The standard InChI is InChI=1S/C15H23N3O2/c1-5-17-11-6-7-12(10(2)8-11)14(20)18-15(3,4)9-13(16)19/h6-8,17H,5,9H2,1-4H3,(H2,16,19)(H,18,20). The summed E-state index contributed by atoms with van der Waals surface area (Å²) < 4.78 is 0. The first-order valence-electron chi connectivity index (χ1n) is 6.70. The molecule has 1 aromatic carbocycles. The maximum Gasteiger partial charge on any atom is 0.251 e. The minimum Gasteiger partial charge on any atom is -0.385 e. The van der Waals surface area contributed by atoms with Crippen LogP contribution in [0.25, 0.3) is 0 Å². The minimum atomic E-state index is -0.657. The lowest BCUT2D eigenvalue weighted by atomic mass is 9.98. The van der Waals surface area contributed by atoms with Crippen LogP contribution >= 0.6 is 0 Å². The molecule has 0 spiro atoms. The van der Waals surface area contributed by atoms with Gasteiger partial charge in [0.15, 0.2) is 0 Å². The van der Waals surface area contributed by atoms with E-state index in [1.165, 1.54) is 0 Å². The van der Waals surface area contributed by atoms with Crippen LogP contribution in [-0.2, 0) is 4.79 Å². The van der Waals surface area contributed by atoms with E-state index in [2.05, 4.69) is 10.6 Å². The molecule has 0 saturated heterocycles. The number of hydrogen-bond acceptors (Lipinski definition) is 3. The van der Waals surface area contributed by atoms with Gasteiger partial charge in [-0.1, -0.05) is 0 Å². The first kappa shape index (κ1) is 16.0. The molecule has 5 nitrogen and oxygen atoms in total. The number of anilines is 1. The summed E-state index contributed by atoms with van der Waals surface area (Å²) in [5.41, 5.74) is 6.99. The number of rotatable bonds is 6. The third-order valence-electron chi connectivity index (χ3n) is 2.92. The molecule has 0 bridgehead atoms. The molecule has 4 N–H and O–H groups in total. The second kappa shape index (κ2) is 6.41. The molecule has 0 aliphatic rings. The fraction of sp³-hybridized carbons (Fsp3) is 0.467. The van der Waals surface area contributed by atoms with Crippen molar-refractivity contribution in [2.24, 2.45) is 5.73 Å². The number of primary amides is 1. The van der Waals surface area contributed by atoms with Gasteiger partial charge in [0.05, 0.1) is 0 Å². The smallest absolute Gasteiger partial charge is 0.251 e. The Morgan fingerprint density at radius 1 is 1.30 bits per heavy atom. The summed E-state index contributed by atoms with van der Waals surface area (Å²) >= 11 is 0. The van der Waals surface area contributed by atoms with E-state index in [1.807, 2.05) is 26.0 Å². The Morgan fingerprint density at radius 2 is 1.95 bits per heavy atom. The highest BCUT2D eigenvalue weighted by Gasteiger charge is 2.24. The molecule has 0 aliphatic heterocycles. The molecule has 5 heteroatoms. The van der Waals surface area contributed by atoms with Gasteiger partial charge in [0.25, 0.3) is 5.91 Å². The zero-order valence-electron chi connectivity index (χ0n) is 12.5. The molecule has 0 atom stereocenters. The Bertz CT molecular complexity index is 510. The summed E-state index contributed by atoms with van der Waals surface area (Å²) in [6, 6.07) is 5.58. The highest BCUT2D eigenvalue weighted by molar-refractivity contribution is 5.96. The Hall–Kier alpha value is -2.04. The summed E-state index contributed by atoms with van der Waals surface area (Å²) in [6.45, 7) is 8.28. The molecule has 0 aliphatic carbocycles. The van der Waals surface area contributed by atoms with Gasteiger partial charge in [-0.25, -0.2) is 0 Å². The van der Waals surface area contributed by atoms with Crippen molar-refractivity contribution in [2.45, 2.75) is 39.7 Å². The Kier molecular flexibility index (Phi) is 5.13. The van der Waals surface area contributed by atoms with E-state index in [-0.39, 0.29) is 12.3 Å². The first-order valence-corrected chi connectivity index (χ1v) is 6.70. The summed E-state index contributed by atoms with van der Waals surface area (Å²) in [5.74, 6) is -0.633. The Labute approximate surface area is 119 Å². The van der Waals surface area contributed by atoms with Gasteiger partial charge in [-0.2, -0.15) is 0 Å². The van der Waals surface area contributed by atoms with Crippen molar-refractivity contribution in [1.29, 1.82) is 0 Å². The van der Waals surface area contributed by atoms with Crippen molar-refractivity contribution in [1.82, 2.24) is 5.32 Å². The van der Waals surface area contributed by atoms with Gasteiger partial charge in [-0.3, -0.25) is 9.59 Å². The van der Waals surface area contributed by atoms with Crippen LogP contribution in [0.1, 0.15) is 43.1 Å². The lowest BCUT2D eigenvalue weighted by molar-refractivity contribution is -0.119. The van der Waals surface area contributed by atoms with Crippen molar-refractivity contribution in [3.63, 3.8) is 0 Å². The van der Waals surface area contributed by atoms with Crippen molar-refractivity contribution < 1.29 is 9.59 Å². The van der Waals surface area contributed by atoms with Gasteiger partial charge in [0.2, 0.25) is 5.91 Å². The third-order valence-corrected chi connectivity index (χ3v) is 2.92. The van der Waals surface area contributed by atoms with E-state index in [9.17, 15) is 9.59 Å². The number of aryl methyl sites for hydroxylation is 1. The van der Waals surface area contributed by atoms with E-state index in [1.54, 1.807) is 19.9 Å².